The van der Waals surface area contributed by atoms with Crippen LogP contribution < -0.4 is 5.32 Å². The Morgan fingerprint density at radius 2 is 2.20 bits per heavy atom. The summed E-state index contributed by atoms with van der Waals surface area (Å²) in [6.45, 7) is 6.39. The van der Waals surface area contributed by atoms with E-state index in [9.17, 15) is 9.90 Å². The molecule has 0 fully saturated rings. The standard InChI is InChI=1S/C16H22N2O2/c1-12(19)9-16(2,3)11-17-15(20)13-8-14-6-4-5-7-18(14)10-13/h4-8,10,12,19H,9,11H2,1-3H3,(H,17,20)/t12-/m0/s1. The molecule has 4 nitrogen and oxygen atoms in total. The maximum absolute atomic E-state index is 12.2. The van der Waals surface area contributed by atoms with E-state index in [0.29, 0.717) is 18.5 Å². The van der Waals surface area contributed by atoms with Gasteiger partial charge in [0.2, 0.25) is 0 Å². The maximum atomic E-state index is 12.2. The number of nitrogens with zero attached hydrogens (tertiary/aromatic N) is 1. The number of aromatic nitrogens is 1. The predicted molar refractivity (Wildman–Crippen MR) is 79.8 cm³/mol. The molecule has 0 saturated carbocycles. The fourth-order valence-electron chi connectivity index (χ4n) is 2.47. The first-order valence-corrected chi connectivity index (χ1v) is 6.90. The number of fused-ring (bicyclic) bond motifs is 1. The van der Waals surface area contributed by atoms with Crippen LogP contribution in [0.25, 0.3) is 5.52 Å². The van der Waals surface area contributed by atoms with Crippen molar-refractivity contribution in [2.45, 2.75) is 33.3 Å². The summed E-state index contributed by atoms with van der Waals surface area (Å²) in [6, 6.07) is 7.72. The summed E-state index contributed by atoms with van der Waals surface area (Å²) >= 11 is 0. The molecule has 20 heavy (non-hydrogen) atoms. The van der Waals surface area contributed by atoms with Crippen molar-refractivity contribution in [3.63, 3.8) is 0 Å². The Bertz CT molecular complexity index is 566. The molecule has 1 atom stereocenters. The van der Waals surface area contributed by atoms with Gasteiger partial charge in [-0.25, -0.2) is 0 Å². The third-order valence-electron chi connectivity index (χ3n) is 3.34. The van der Waals surface area contributed by atoms with Crippen molar-refractivity contribution in [2.75, 3.05) is 6.54 Å². The lowest BCUT2D eigenvalue weighted by Crippen LogP contribution is -2.35. The van der Waals surface area contributed by atoms with Gasteiger partial charge in [-0.3, -0.25) is 4.79 Å². The lowest BCUT2D eigenvalue weighted by molar-refractivity contribution is 0.0902. The second-order valence-corrected chi connectivity index (χ2v) is 6.16. The first kappa shape index (κ1) is 14.6. The second-order valence-electron chi connectivity index (χ2n) is 6.16. The summed E-state index contributed by atoms with van der Waals surface area (Å²) in [5.41, 5.74) is 1.54. The van der Waals surface area contributed by atoms with Crippen molar-refractivity contribution in [3.8, 4) is 0 Å². The maximum Gasteiger partial charge on any atom is 0.252 e. The Labute approximate surface area is 119 Å². The fourth-order valence-corrected chi connectivity index (χ4v) is 2.47. The van der Waals surface area contributed by atoms with Crippen molar-refractivity contribution in [3.05, 3.63) is 42.2 Å². The number of nitrogens with one attached hydrogen (secondary N) is 1. The van der Waals surface area contributed by atoms with Gasteiger partial charge in [0.1, 0.15) is 0 Å². The molecule has 2 heterocycles. The van der Waals surface area contributed by atoms with Crippen LogP contribution in [0.2, 0.25) is 0 Å². The highest BCUT2D eigenvalue weighted by Gasteiger charge is 2.21. The first-order chi connectivity index (χ1) is 9.37. The van der Waals surface area contributed by atoms with Crippen LogP contribution in [0.3, 0.4) is 0 Å². The first-order valence-electron chi connectivity index (χ1n) is 6.90. The Hall–Kier alpha value is -1.81. The quantitative estimate of drug-likeness (QED) is 0.880. The van der Waals surface area contributed by atoms with Crippen LogP contribution in [0, 0.1) is 5.41 Å². The third-order valence-corrected chi connectivity index (χ3v) is 3.34. The molecule has 2 N–H and O–H groups in total. The average Bonchev–Trinajstić information content (AvgIpc) is 2.78. The summed E-state index contributed by atoms with van der Waals surface area (Å²) in [5, 5.41) is 12.4. The van der Waals surface area contributed by atoms with Crippen molar-refractivity contribution in [1.29, 1.82) is 0 Å². The lowest BCUT2D eigenvalue weighted by Gasteiger charge is -2.26. The minimum absolute atomic E-state index is 0.0765. The summed E-state index contributed by atoms with van der Waals surface area (Å²) < 4.78 is 1.93. The average molecular weight is 274 g/mol. The van der Waals surface area contributed by atoms with E-state index in [1.807, 2.05) is 54.9 Å². The molecule has 0 bridgehead atoms. The zero-order valence-corrected chi connectivity index (χ0v) is 12.3. The Morgan fingerprint density at radius 1 is 1.45 bits per heavy atom. The van der Waals surface area contributed by atoms with Gasteiger partial charge in [-0.15, -0.1) is 0 Å². The molecule has 0 aliphatic carbocycles. The summed E-state index contributed by atoms with van der Waals surface area (Å²) in [7, 11) is 0. The number of hydrogen-bond acceptors (Lipinski definition) is 2. The van der Waals surface area contributed by atoms with Crippen LogP contribution in [0.1, 0.15) is 37.6 Å². The van der Waals surface area contributed by atoms with Crippen molar-refractivity contribution in [1.82, 2.24) is 9.72 Å². The van der Waals surface area contributed by atoms with Gasteiger partial charge >= 0.3 is 0 Å². The number of carbonyl (C=O) groups excluding carboxylic acids is 1. The van der Waals surface area contributed by atoms with Gasteiger partial charge in [-0.1, -0.05) is 19.9 Å². The van der Waals surface area contributed by atoms with E-state index in [-0.39, 0.29) is 17.4 Å². The van der Waals surface area contributed by atoms with Crippen LogP contribution >= 0.6 is 0 Å². The molecule has 1 amide bonds. The fraction of sp³-hybridized carbons (Fsp3) is 0.438. The van der Waals surface area contributed by atoms with Gasteiger partial charge in [0.15, 0.2) is 0 Å². The molecule has 108 valence electrons. The Balaban J connectivity index is 2.01. The van der Waals surface area contributed by atoms with E-state index in [2.05, 4.69) is 5.32 Å². The molecule has 0 aromatic carbocycles. The van der Waals surface area contributed by atoms with Crippen LogP contribution in [0.5, 0.6) is 0 Å². The van der Waals surface area contributed by atoms with Crippen molar-refractivity contribution >= 4 is 11.4 Å². The number of aliphatic hydroxyl groups excluding tert-OH is 1. The minimum atomic E-state index is -0.362. The third kappa shape index (κ3) is 3.61. The number of rotatable bonds is 5. The van der Waals surface area contributed by atoms with Crippen molar-refractivity contribution < 1.29 is 9.90 Å². The van der Waals surface area contributed by atoms with Gasteiger partial charge in [0, 0.05) is 24.5 Å². The van der Waals surface area contributed by atoms with Gasteiger partial charge in [0.05, 0.1) is 11.7 Å². The molecule has 2 aromatic heterocycles. The normalized spacial score (nSPS) is 13.4. The van der Waals surface area contributed by atoms with E-state index >= 15 is 0 Å². The largest absolute Gasteiger partial charge is 0.393 e. The van der Waals surface area contributed by atoms with E-state index in [1.165, 1.54) is 0 Å². The molecule has 0 aliphatic rings. The molecule has 2 rings (SSSR count). The van der Waals surface area contributed by atoms with Gasteiger partial charge < -0.3 is 14.8 Å². The van der Waals surface area contributed by atoms with Crippen LogP contribution in [0.4, 0.5) is 0 Å². The molecule has 2 aromatic rings. The summed E-state index contributed by atoms with van der Waals surface area (Å²) in [6.07, 6.45) is 4.04. The molecule has 4 heteroatoms. The minimum Gasteiger partial charge on any atom is -0.393 e. The highest BCUT2D eigenvalue weighted by Crippen LogP contribution is 2.21. The zero-order chi connectivity index (χ0) is 14.8. The van der Waals surface area contributed by atoms with E-state index < -0.39 is 0 Å². The number of hydrogen-bond donors (Lipinski definition) is 2. The number of pyridine rings is 1. The topological polar surface area (TPSA) is 53.7 Å². The van der Waals surface area contributed by atoms with Gasteiger partial charge in [0.25, 0.3) is 5.91 Å². The summed E-state index contributed by atoms with van der Waals surface area (Å²) in [5.74, 6) is -0.0765. The summed E-state index contributed by atoms with van der Waals surface area (Å²) in [4.78, 5) is 12.2. The Kier molecular flexibility index (Phi) is 4.14. The van der Waals surface area contributed by atoms with Crippen LogP contribution in [-0.2, 0) is 0 Å². The molecular formula is C16H22N2O2. The highest BCUT2D eigenvalue weighted by atomic mass is 16.3. The van der Waals surface area contributed by atoms with Crippen molar-refractivity contribution in [2.24, 2.45) is 5.41 Å². The lowest BCUT2D eigenvalue weighted by atomic mass is 9.87. The molecular weight excluding hydrogens is 252 g/mol. The number of carbonyl (C=O) groups is 1. The number of amides is 1. The molecule has 0 unspecified atom stereocenters. The van der Waals surface area contributed by atoms with E-state index in [4.69, 9.17) is 0 Å². The second kappa shape index (κ2) is 5.67. The van der Waals surface area contributed by atoms with E-state index in [1.54, 1.807) is 6.92 Å². The van der Waals surface area contributed by atoms with Crippen LogP contribution in [0.15, 0.2) is 36.7 Å². The highest BCUT2D eigenvalue weighted by molar-refractivity contribution is 5.95. The molecule has 0 saturated heterocycles. The van der Waals surface area contributed by atoms with Gasteiger partial charge in [-0.2, -0.15) is 0 Å². The number of aliphatic hydroxyl groups is 1. The van der Waals surface area contributed by atoms with Crippen LogP contribution in [-0.4, -0.2) is 28.1 Å². The molecule has 0 radical (unpaired) electrons. The zero-order valence-electron chi connectivity index (χ0n) is 12.3. The molecule has 0 spiro atoms. The molecule has 0 aliphatic heterocycles. The SMILES string of the molecule is C[C@H](O)CC(C)(C)CNC(=O)c1cc2ccccn2c1. The predicted octanol–water partition coefficient (Wildman–Crippen LogP) is 2.47. The van der Waals surface area contributed by atoms with E-state index in [0.717, 1.165) is 5.52 Å². The Morgan fingerprint density at radius 3 is 2.85 bits per heavy atom. The van der Waals surface area contributed by atoms with Gasteiger partial charge in [-0.05, 0) is 37.0 Å². The monoisotopic (exact) mass is 274 g/mol. The smallest absolute Gasteiger partial charge is 0.252 e.